The highest BCUT2D eigenvalue weighted by molar-refractivity contribution is 6.31. The fourth-order valence-electron chi connectivity index (χ4n) is 2.02. The fraction of sp³-hybridized carbons (Fsp3) is 0.188. The predicted molar refractivity (Wildman–Crippen MR) is 89.2 cm³/mol. The van der Waals surface area contributed by atoms with Crippen molar-refractivity contribution in [3.8, 4) is 0 Å². The SMILES string of the molecule is CC.Cc1nccc2c(Nc3ccc(F)c(Cl)c3)c(N)oc12. The number of rotatable bonds is 2. The third kappa shape index (κ3) is 2.99. The predicted octanol–water partition coefficient (Wildman–Crippen LogP) is 5.28. The molecule has 0 atom stereocenters. The van der Waals surface area contributed by atoms with Crippen LogP contribution in [0.25, 0.3) is 11.0 Å². The molecule has 0 radical (unpaired) electrons. The van der Waals surface area contributed by atoms with Crippen LogP contribution in [-0.2, 0) is 0 Å². The van der Waals surface area contributed by atoms with Crippen LogP contribution in [0.15, 0.2) is 34.9 Å². The molecule has 22 heavy (non-hydrogen) atoms. The number of nitrogens with one attached hydrogen (secondary N) is 1. The molecule has 0 fully saturated rings. The van der Waals surface area contributed by atoms with E-state index >= 15 is 0 Å². The number of nitrogens with two attached hydrogens (primary N) is 1. The van der Waals surface area contributed by atoms with Crippen molar-refractivity contribution in [2.24, 2.45) is 0 Å². The van der Waals surface area contributed by atoms with Crippen LogP contribution >= 0.6 is 11.6 Å². The normalized spacial score (nSPS) is 10.2. The highest BCUT2D eigenvalue weighted by Crippen LogP contribution is 2.36. The number of anilines is 3. The van der Waals surface area contributed by atoms with Crippen LogP contribution < -0.4 is 11.1 Å². The molecular formula is C16H17ClFN3O. The van der Waals surface area contributed by atoms with Crippen LogP contribution in [0.1, 0.15) is 19.5 Å². The van der Waals surface area contributed by atoms with Gasteiger partial charge in [0, 0.05) is 17.3 Å². The minimum atomic E-state index is -0.470. The quantitative estimate of drug-likeness (QED) is 0.674. The molecule has 4 nitrogen and oxygen atoms in total. The van der Waals surface area contributed by atoms with Gasteiger partial charge < -0.3 is 15.5 Å². The maximum Gasteiger partial charge on any atom is 0.215 e. The average Bonchev–Trinajstić information content (AvgIpc) is 2.83. The first kappa shape index (κ1) is 16.1. The highest BCUT2D eigenvalue weighted by Gasteiger charge is 2.14. The standard InChI is InChI=1S/C14H11ClFN3O.C2H6/c1-7-13-9(4-5-18-7)12(14(17)20-13)19-8-2-3-11(16)10(15)6-8;1-2/h2-6,19H,17H2,1H3;1-2H3. The van der Waals surface area contributed by atoms with Gasteiger partial charge in [0.1, 0.15) is 11.5 Å². The number of hydrogen-bond donors (Lipinski definition) is 2. The third-order valence-electron chi connectivity index (χ3n) is 3.00. The van der Waals surface area contributed by atoms with E-state index in [-0.39, 0.29) is 10.9 Å². The Balaban J connectivity index is 0.000000847. The summed E-state index contributed by atoms with van der Waals surface area (Å²) >= 11 is 5.76. The van der Waals surface area contributed by atoms with E-state index < -0.39 is 5.82 Å². The molecule has 1 aromatic carbocycles. The molecule has 116 valence electrons. The molecule has 0 saturated carbocycles. The van der Waals surface area contributed by atoms with Gasteiger partial charge in [0.05, 0.1) is 10.7 Å². The number of fused-ring (bicyclic) bond motifs is 1. The minimum absolute atomic E-state index is 0.0409. The van der Waals surface area contributed by atoms with Crippen LogP contribution in [0.5, 0.6) is 0 Å². The number of nitrogen functional groups attached to an aromatic ring is 1. The summed E-state index contributed by atoms with van der Waals surface area (Å²) in [6.07, 6.45) is 1.68. The highest BCUT2D eigenvalue weighted by atomic mass is 35.5. The summed E-state index contributed by atoms with van der Waals surface area (Å²) in [5.41, 5.74) is 8.49. The Labute approximate surface area is 133 Å². The summed E-state index contributed by atoms with van der Waals surface area (Å²) in [4.78, 5) is 4.15. The van der Waals surface area contributed by atoms with Gasteiger partial charge in [-0.3, -0.25) is 4.98 Å². The number of hydrogen-bond acceptors (Lipinski definition) is 4. The van der Waals surface area contributed by atoms with Gasteiger partial charge in [-0.25, -0.2) is 4.39 Å². The van der Waals surface area contributed by atoms with Crippen molar-refractivity contribution in [3.63, 3.8) is 0 Å². The summed E-state index contributed by atoms with van der Waals surface area (Å²) in [6, 6.07) is 6.16. The molecule has 0 aliphatic carbocycles. The van der Waals surface area contributed by atoms with Gasteiger partial charge >= 0.3 is 0 Å². The zero-order valence-corrected chi connectivity index (χ0v) is 13.3. The van der Waals surface area contributed by atoms with Crippen molar-refractivity contribution in [2.75, 3.05) is 11.1 Å². The molecule has 3 aromatic rings. The van der Waals surface area contributed by atoms with E-state index in [1.807, 2.05) is 20.8 Å². The fourth-order valence-corrected chi connectivity index (χ4v) is 2.20. The number of halogens is 2. The Hall–Kier alpha value is -2.27. The second kappa shape index (κ2) is 6.66. The summed E-state index contributed by atoms with van der Waals surface area (Å²) in [7, 11) is 0. The number of aromatic nitrogens is 1. The number of benzene rings is 1. The minimum Gasteiger partial charge on any atom is -0.437 e. The Morgan fingerprint density at radius 3 is 2.68 bits per heavy atom. The van der Waals surface area contributed by atoms with E-state index in [0.29, 0.717) is 17.0 Å². The van der Waals surface area contributed by atoms with Crippen LogP contribution in [0.3, 0.4) is 0 Å². The van der Waals surface area contributed by atoms with Gasteiger partial charge in [0.15, 0.2) is 5.58 Å². The topological polar surface area (TPSA) is 64.1 Å². The van der Waals surface area contributed by atoms with Gasteiger partial charge in [-0.05, 0) is 31.2 Å². The van der Waals surface area contributed by atoms with Crippen LogP contribution in [0, 0.1) is 12.7 Å². The first-order valence-corrected chi connectivity index (χ1v) is 7.29. The molecule has 2 aromatic heterocycles. The molecule has 3 N–H and O–H groups in total. The molecule has 0 aliphatic rings. The zero-order chi connectivity index (χ0) is 16.3. The van der Waals surface area contributed by atoms with Gasteiger partial charge in [-0.15, -0.1) is 0 Å². The third-order valence-corrected chi connectivity index (χ3v) is 3.29. The molecule has 0 aliphatic heterocycles. The number of nitrogens with zero attached hydrogens (tertiary/aromatic N) is 1. The van der Waals surface area contributed by atoms with Crippen molar-refractivity contribution >= 4 is 39.8 Å². The first-order chi connectivity index (χ1) is 10.6. The maximum absolute atomic E-state index is 13.2. The van der Waals surface area contributed by atoms with Crippen molar-refractivity contribution in [3.05, 3.63) is 47.0 Å². The molecule has 0 unspecified atom stereocenters. The average molecular weight is 322 g/mol. The van der Waals surface area contributed by atoms with Gasteiger partial charge in [-0.1, -0.05) is 25.4 Å². The van der Waals surface area contributed by atoms with E-state index in [2.05, 4.69) is 10.3 Å². The Bertz CT molecular complexity index is 801. The Morgan fingerprint density at radius 2 is 2.00 bits per heavy atom. The monoisotopic (exact) mass is 321 g/mol. The van der Waals surface area contributed by atoms with Crippen molar-refractivity contribution in [2.45, 2.75) is 20.8 Å². The number of aryl methyl sites for hydroxylation is 1. The van der Waals surface area contributed by atoms with Crippen LogP contribution in [-0.4, -0.2) is 4.98 Å². The lowest BCUT2D eigenvalue weighted by Gasteiger charge is -2.06. The molecule has 2 heterocycles. The zero-order valence-electron chi connectivity index (χ0n) is 12.6. The number of pyridine rings is 1. The molecule has 0 saturated heterocycles. The maximum atomic E-state index is 13.2. The summed E-state index contributed by atoms with van der Waals surface area (Å²) in [5.74, 6) is -0.223. The van der Waals surface area contributed by atoms with Gasteiger partial charge in [-0.2, -0.15) is 0 Å². The van der Waals surface area contributed by atoms with E-state index in [4.69, 9.17) is 21.8 Å². The van der Waals surface area contributed by atoms with E-state index in [0.717, 1.165) is 11.1 Å². The smallest absolute Gasteiger partial charge is 0.215 e. The van der Waals surface area contributed by atoms with E-state index in [1.165, 1.54) is 12.1 Å². The van der Waals surface area contributed by atoms with Crippen LogP contribution in [0.4, 0.5) is 21.6 Å². The molecular weight excluding hydrogens is 305 g/mol. The molecule has 0 amide bonds. The Kier molecular flexibility index (Phi) is 4.88. The first-order valence-electron chi connectivity index (χ1n) is 6.92. The van der Waals surface area contributed by atoms with E-state index in [9.17, 15) is 4.39 Å². The van der Waals surface area contributed by atoms with Gasteiger partial charge in [0.25, 0.3) is 0 Å². The molecule has 0 spiro atoms. The van der Waals surface area contributed by atoms with E-state index in [1.54, 1.807) is 18.3 Å². The lowest BCUT2D eigenvalue weighted by molar-refractivity contribution is 0.628. The van der Waals surface area contributed by atoms with Crippen molar-refractivity contribution in [1.82, 2.24) is 4.98 Å². The molecule has 6 heteroatoms. The summed E-state index contributed by atoms with van der Waals surface area (Å²) < 4.78 is 18.7. The lowest BCUT2D eigenvalue weighted by Crippen LogP contribution is -1.94. The van der Waals surface area contributed by atoms with Crippen LogP contribution in [0.2, 0.25) is 5.02 Å². The molecule has 0 bridgehead atoms. The largest absolute Gasteiger partial charge is 0.437 e. The Morgan fingerprint density at radius 1 is 1.27 bits per heavy atom. The molecule has 3 rings (SSSR count). The van der Waals surface area contributed by atoms with Gasteiger partial charge in [0.2, 0.25) is 5.88 Å². The van der Waals surface area contributed by atoms with Crippen molar-refractivity contribution < 1.29 is 8.81 Å². The lowest BCUT2D eigenvalue weighted by atomic mass is 10.2. The second-order valence-electron chi connectivity index (χ2n) is 4.37. The van der Waals surface area contributed by atoms with Crippen molar-refractivity contribution in [1.29, 1.82) is 0 Å². The second-order valence-corrected chi connectivity index (χ2v) is 4.78. The summed E-state index contributed by atoms with van der Waals surface area (Å²) in [5, 5.41) is 3.95. The summed E-state index contributed by atoms with van der Waals surface area (Å²) in [6.45, 7) is 5.84. The number of furan rings is 1.